The number of nitro groups is 1. The minimum Gasteiger partial charge on any atom is -0.487 e. The summed E-state index contributed by atoms with van der Waals surface area (Å²) in [6.45, 7) is 2.02. The molecule has 0 N–H and O–H groups in total. The molecule has 22 heavy (non-hydrogen) atoms. The monoisotopic (exact) mass is 318 g/mol. The van der Waals surface area contributed by atoms with E-state index in [4.69, 9.17) is 26.3 Å². The summed E-state index contributed by atoms with van der Waals surface area (Å²) in [6.07, 6.45) is 0. The third kappa shape index (κ3) is 3.45. The van der Waals surface area contributed by atoms with Crippen molar-refractivity contribution in [3.63, 3.8) is 0 Å². The fourth-order valence-corrected chi connectivity index (χ4v) is 1.98. The van der Waals surface area contributed by atoms with Gasteiger partial charge in [-0.05, 0) is 31.2 Å². The van der Waals surface area contributed by atoms with E-state index in [0.717, 1.165) is 0 Å². The summed E-state index contributed by atoms with van der Waals surface area (Å²) < 4.78 is 10.8. The van der Waals surface area contributed by atoms with Crippen LogP contribution in [0, 0.1) is 21.4 Å². The molecule has 2 rings (SSSR count). The van der Waals surface area contributed by atoms with E-state index in [1.165, 1.54) is 24.3 Å². The van der Waals surface area contributed by atoms with Crippen molar-refractivity contribution >= 4 is 17.3 Å². The maximum Gasteiger partial charge on any atom is 0.311 e. The Balaban J connectivity index is 2.32. The lowest BCUT2D eigenvalue weighted by atomic mass is 10.2. The van der Waals surface area contributed by atoms with Crippen molar-refractivity contribution in [2.24, 2.45) is 0 Å². The second-order valence-electron chi connectivity index (χ2n) is 4.18. The number of nitriles is 1. The molecule has 0 spiro atoms. The van der Waals surface area contributed by atoms with E-state index < -0.39 is 4.92 Å². The Labute approximate surface area is 131 Å². The van der Waals surface area contributed by atoms with Crippen molar-refractivity contribution in [2.75, 3.05) is 6.61 Å². The molecular weight excluding hydrogens is 308 g/mol. The van der Waals surface area contributed by atoms with Crippen LogP contribution in [0.2, 0.25) is 5.02 Å². The Hall–Kier alpha value is -2.78. The van der Waals surface area contributed by atoms with Gasteiger partial charge in [0.05, 0.1) is 28.2 Å². The van der Waals surface area contributed by atoms with Crippen LogP contribution in [0.15, 0.2) is 36.4 Å². The van der Waals surface area contributed by atoms with Crippen molar-refractivity contribution in [1.82, 2.24) is 0 Å². The Kier molecular flexibility index (Phi) is 4.81. The van der Waals surface area contributed by atoms with Crippen LogP contribution < -0.4 is 9.47 Å². The molecule has 0 heterocycles. The van der Waals surface area contributed by atoms with Gasteiger partial charge >= 0.3 is 5.69 Å². The maximum absolute atomic E-state index is 10.9. The largest absolute Gasteiger partial charge is 0.487 e. The number of hydrogen-bond acceptors (Lipinski definition) is 5. The van der Waals surface area contributed by atoms with Gasteiger partial charge in [0.2, 0.25) is 5.75 Å². The zero-order valence-corrected chi connectivity index (χ0v) is 12.3. The predicted molar refractivity (Wildman–Crippen MR) is 80.5 cm³/mol. The van der Waals surface area contributed by atoms with Crippen LogP contribution in [0.5, 0.6) is 17.2 Å². The summed E-state index contributed by atoms with van der Waals surface area (Å²) in [7, 11) is 0. The molecule has 0 radical (unpaired) electrons. The molecule has 0 saturated heterocycles. The average molecular weight is 319 g/mol. The van der Waals surface area contributed by atoms with Crippen molar-refractivity contribution in [3.8, 4) is 23.3 Å². The van der Waals surface area contributed by atoms with E-state index in [1.807, 2.05) is 6.07 Å². The summed E-state index contributed by atoms with van der Waals surface area (Å²) in [5.74, 6) is 0.812. The van der Waals surface area contributed by atoms with Gasteiger partial charge in [0.15, 0.2) is 0 Å². The first-order chi connectivity index (χ1) is 10.5. The first-order valence-electron chi connectivity index (χ1n) is 6.34. The number of halogens is 1. The first-order valence-corrected chi connectivity index (χ1v) is 6.71. The fraction of sp³-hybridized carbons (Fsp3) is 0.133. The van der Waals surface area contributed by atoms with E-state index in [1.54, 1.807) is 19.1 Å². The number of hydrogen-bond donors (Lipinski definition) is 0. The second kappa shape index (κ2) is 6.78. The highest BCUT2D eigenvalue weighted by Gasteiger charge is 2.16. The van der Waals surface area contributed by atoms with Crippen LogP contribution in [-0.2, 0) is 0 Å². The molecule has 0 aliphatic heterocycles. The number of nitrogens with zero attached hydrogens (tertiary/aromatic N) is 2. The van der Waals surface area contributed by atoms with Crippen LogP contribution in [-0.4, -0.2) is 11.5 Å². The second-order valence-corrected chi connectivity index (χ2v) is 4.59. The average Bonchev–Trinajstić information content (AvgIpc) is 2.49. The van der Waals surface area contributed by atoms with Gasteiger partial charge in [-0.1, -0.05) is 11.6 Å². The van der Waals surface area contributed by atoms with Crippen LogP contribution in [0.25, 0.3) is 0 Å². The van der Waals surface area contributed by atoms with E-state index in [0.29, 0.717) is 23.7 Å². The summed E-state index contributed by atoms with van der Waals surface area (Å²) in [5.41, 5.74) is 0.274. The highest BCUT2D eigenvalue weighted by molar-refractivity contribution is 6.32. The number of ether oxygens (including phenoxy) is 2. The molecule has 6 nitrogen and oxygen atoms in total. The van der Waals surface area contributed by atoms with Crippen LogP contribution in [0.3, 0.4) is 0 Å². The minimum atomic E-state index is -0.524. The van der Waals surface area contributed by atoms with E-state index >= 15 is 0 Å². The predicted octanol–water partition coefficient (Wildman–Crippen LogP) is 4.31. The normalized spacial score (nSPS) is 9.86. The lowest BCUT2D eigenvalue weighted by Crippen LogP contribution is -1.98. The van der Waals surface area contributed by atoms with E-state index in [9.17, 15) is 10.1 Å². The van der Waals surface area contributed by atoms with Gasteiger partial charge in [-0.25, -0.2) is 0 Å². The summed E-state index contributed by atoms with van der Waals surface area (Å²) in [5, 5.41) is 20.0. The molecule has 2 aromatic carbocycles. The van der Waals surface area contributed by atoms with Gasteiger partial charge in [-0.15, -0.1) is 0 Å². The lowest BCUT2D eigenvalue weighted by Gasteiger charge is -2.10. The molecule has 112 valence electrons. The molecule has 7 heteroatoms. The fourth-order valence-electron chi connectivity index (χ4n) is 1.76. The topological polar surface area (TPSA) is 85.4 Å². The van der Waals surface area contributed by atoms with Gasteiger partial charge in [-0.2, -0.15) is 5.26 Å². The number of nitro benzene ring substituents is 1. The Morgan fingerprint density at radius 2 is 2.05 bits per heavy atom. The SMILES string of the molecule is CCOc1cc(Oc2ccc(C#N)cc2Cl)ccc1[N+](=O)[O-]. The van der Waals surface area contributed by atoms with Gasteiger partial charge in [0.1, 0.15) is 11.5 Å². The van der Waals surface area contributed by atoms with Crippen LogP contribution in [0.4, 0.5) is 5.69 Å². The number of rotatable bonds is 5. The zero-order valence-electron chi connectivity index (χ0n) is 11.6. The quantitative estimate of drug-likeness (QED) is 0.605. The Morgan fingerprint density at radius 1 is 1.27 bits per heavy atom. The van der Waals surface area contributed by atoms with Crippen molar-refractivity contribution < 1.29 is 14.4 Å². The summed E-state index contributed by atoms with van der Waals surface area (Å²) >= 11 is 6.03. The minimum absolute atomic E-state index is 0.120. The van der Waals surface area contributed by atoms with Gasteiger partial charge in [0.25, 0.3) is 0 Å². The van der Waals surface area contributed by atoms with Crippen LogP contribution >= 0.6 is 11.6 Å². The molecular formula is C15H11ClN2O4. The van der Waals surface area contributed by atoms with Crippen molar-refractivity contribution in [3.05, 3.63) is 57.1 Å². The summed E-state index contributed by atoms with van der Waals surface area (Å²) in [6, 6.07) is 10.8. The van der Waals surface area contributed by atoms with Crippen molar-refractivity contribution in [2.45, 2.75) is 6.92 Å². The van der Waals surface area contributed by atoms with E-state index in [2.05, 4.69) is 0 Å². The Bertz CT molecular complexity index is 756. The molecule has 0 fully saturated rings. The molecule has 0 bridgehead atoms. The highest BCUT2D eigenvalue weighted by Crippen LogP contribution is 2.35. The van der Waals surface area contributed by atoms with Gasteiger partial charge < -0.3 is 9.47 Å². The Morgan fingerprint density at radius 3 is 2.64 bits per heavy atom. The molecule has 0 saturated carbocycles. The third-order valence-corrected chi connectivity index (χ3v) is 3.01. The highest BCUT2D eigenvalue weighted by atomic mass is 35.5. The lowest BCUT2D eigenvalue weighted by molar-refractivity contribution is -0.385. The first kappa shape index (κ1) is 15.6. The molecule has 0 aromatic heterocycles. The third-order valence-electron chi connectivity index (χ3n) is 2.72. The smallest absolute Gasteiger partial charge is 0.311 e. The van der Waals surface area contributed by atoms with Crippen LogP contribution in [0.1, 0.15) is 12.5 Å². The van der Waals surface area contributed by atoms with Gasteiger partial charge in [-0.3, -0.25) is 10.1 Å². The van der Waals surface area contributed by atoms with Crippen molar-refractivity contribution in [1.29, 1.82) is 5.26 Å². The zero-order chi connectivity index (χ0) is 16.1. The van der Waals surface area contributed by atoms with E-state index in [-0.39, 0.29) is 16.5 Å². The molecule has 2 aromatic rings. The molecule has 0 unspecified atom stereocenters. The number of benzene rings is 2. The maximum atomic E-state index is 10.9. The molecule has 0 aliphatic rings. The summed E-state index contributed by atoms with van der Waals surface area (Å²) in [4.78, 5) is 10.4. The standard InChI is InChI=1S/C15H11ClN2O4/c1-2-21-15-8-11(4-5-13(15)18(19)20)22-14-6-3-10(9-17)7-12(14)16/h3-8H,2H2,1H3. The molecule has 0 atom stereocenters. The van der Waals surface area contributed by atoms with Gasteiger partial charge in [0, 0.05) is 12.1 Å². The molecule has 0 amide bonds. The molecule has 0 aliphatic carbocycles.